The minimum absolute atomic E-state index is 0.00694. The Bertz CT molecular complexity index is 757. The summed E-state index contributed by atoms with van der Waals surface area (Å²) in [5.41, 5.74) is 6.46. The van der Waals surface area contributed by atoms with Gasteiger partial charge in [0, 0.05) is 12.6 Å². The second-order valence-electron chi connectivity index (χ2n) is 5.39. The maximum Gasteiger partial charge on any atom is 0.140 e. The molecule has 0 atom stereocenters. The van der Waals surface area contributed by atoms with Crippen LogP contribution in [-0.2, 0) is 19.4 Å². The number of aromatic nitrogens is 2. The van der Waals surface area contributed by atoms with E-state index in [1.54, 1.807) is 0 Å². The Hall–Kier alpha value is -2.13. The normalized spacial score (nSPS) is 11.2. The molecule has 3 rings (SSSR count). The van der Waals surface area contributed by atoms with Crippen molar-refractivity contribution < 1.29 is 5.11 Å². The van der Waals surface area contributed by atoms with Crippen molar-refractivity contribution in [2.45, 2.75) is 33.3 Å². The van der Waals surface area contributed by atoms with Gasteiger partial charge in [0.1, 0.15) is 5.65 Å². The lowest BCUT2D eigenvalue weighted by Crippen LogP contribution is -1.98. The van der Waals surface area contributed by atoms with Gasteiger partial charge in [0.05, 0.1) is 18.0 Å². The summed E-state index contributed by atoms with van der Waals surface area (Å²) < 4.78 is 1.99. The van der Waals surface area contributed by atoms with E-state index in [1.165, 1.54) is 11.1 Å². The van der Waals surface area contributed by atoms with Gasteiger partial charge in [0.25, 0.3) is 0 Å². The Kier molecular flexibility index (Phi) is 3.76. The minimum Gasteiger partial charge on any atom is -0.390 e. The van der Waals surface area contributed by atoms with Crippen LogP contribution in [0, 0.1) is 6.92 Å². The third kappa shape index (κ3) is 2.57. The first-order valence-corrected chi connectivity index (χ1v) is 7.37. The number of rotatable bonds is 4. The molecule has 0 amide bonds. The van der Waals surface area contributed by atoms with Gasteiger partial charge in [0.2, 0.25) is 0 Å². The standard InChI is InChI=1S/C18H20N2O/c1-3-14-6-8-15(9-7-14)11-16-17(12-21)20-10-4-5-13(2)18(20)19-16/h4-10,21H,3,11-12H2,1-2H3. The molecule has 0 bridgehead atoms. The topological polar surface area (TPSA) is 37.5 Å². The lowest BCUT2D eigenvalue weighted by Gasteiger charge is -2.03. The first-order valence-electron chi connectivity index (χ1n) is 7.37. The van der Waals surface area contributed by atoms with Crippen LogP contribution >= 0.6 is 0 Å². The van der Waals surface area contributed by atoms with Crippen LogP contribution in [0.5, 0.6) is 0 Å². The fourth-order valence-electron chi connectivity index (χ4n) is 2.69. The van der Waals surface area contributed by atoms with E-state index in [4.69, 9.17) is 4.98 Å². The molecule has 0 fully saturated rings. The van der Waals surface area contributed by atoms with Crippen molar-refractivity contribution in [2.24, 2.45) is 0 Å². The van der Waals surface area contributed by atoms with Crippen LogP contribution in [0.3, 0.4) is 0 Å². The number of hydrogen-bond donors (Lipinski definition) is 1. The zero-order valence-electron chi connectivity index (χ0n) is 12.5. The molecule has 0 saturated carbocycles. The highest BCUT2D eigenvalue weighted by atomic mass is 16.3. The lowest BCUT2D eigenvalue weighted by molar-refractivity contribution is 0.274. The van der Waals surface area contributed by atoms with Gasteiger partial charge < -0.3 is 9.51 Å². The summed E-state index contributed by atoms with van der Waals surface area (Å²) in [7, 11) is 0. The SMILES string of the molecule is CCc1ccc(Cc2nc3c(C)cccn3c2CO)cc1. The van der Waals surface area contributed by atoms with Gasteiger partial charge in [-0.3, -0.25) is 0 Å². The second-order valence-corrected chi connectivity index (χ2v) is 5.39. The first kappa shape index (κ1) is 13.8. The van der Waals surface area contributed by atoms with Crippen LogP contribution in [0.1, 0.15) is 35.0 Å². The van der Waals surface area contributed by atoms with Gasteiger partial charge in [-0.15, -0.1) is 0 Å². The molecule has 1 N–H and O–H groups in total. The Morgan fingerprint density at radius 3 is 2.48 bits per heavy atom. The fraction of sp³-hybridized carbons (Fsp3) is 0.278. The number of benzene rings is 1. The van der Waals surface area contributed by atoms with Crippen molar-refractivity contribution in [1.29, 1.82) is 0 Å². The highest BCUT2D eigenvalue weighted by Gasteiger charge is 2.12. The van der Waals surface area contributed by atoms with Crippen molar-refractivity contribution in [3.05, 3.63) is 70.7 Å². The highest BCUT2D eigenvalue weighted by molar-refractivity contribution is 5.51. The predicted octanol–water partition coefficient (Wildman–Crippen LogP) is 3.29. The third-order valence-corrected chi connectivity index (χ3v) is 3.98. The number of hydrogen-bond acceptors (Lipinski definition) is 2. The Labute approximate surface area is 124 Å². The molecule has 0 aliphatic heterocycles. The number of pyridine rings is 1. The summed E-state index contributed by atoms with van der Waals surface area (Å²) in [6, 6.07) is 12.7. The van der Waals surface area contributed by atoms with E-state index >= 15 is 0 Å². The van der Waals surface area contributed by atoms with E-state index in [1.807, 2.05) is 29.7 Å². The van der Waals surface area contributed by atoms with E-state index in [2.05, 4.69) is 31.2 Å². The number of aliphatic hydroxyl groups is 1. The van der Waals surface area contributed by atoms with Crippen molar-refractivity contribution >= 4 is 5.65 Å². The molecule has 0 radical (unpaired) electrons. The molecule has 108 valence electrons. The Morgan fingerprint density at radius 2 is 1.81 bits per heavy atom. The zero-order chi connectivity index (χ0) is 14.8. The van der Waals surface area contributed by atoms with E-state index in [0.29, 0.717) is 0 Å². The van der Waals surface area contributed by atoms with Crippen molar-refractivity contribution in [3.8, 4) is 0 Å². The average Bonchev–Trinajstić information content (AvgIpc) is 2.87. The largest absolute Gasteiger partial charge is 0.390 e. The molecule has 2 heterocycles. The Balaban J connectivity index is 2.01. The lowest BCUT2D eigenvalue weighted by atomic mass is 10.1. The molecule has 3 aromatic rings. The van der Waals surface area contributed by atoms with Crippen LogP contribution in [0.15, 0.2) is 42.6 Å². The molecule has 0 aliphatic carbocycles. The van der Waals surface area contributed by atoms with E-state index in [9.17, 15) is 5.11 Å². The van der Waals surface area contributed by atoms with Crippen molar-refractivity contribution in [3.63, 3.8) is 0 Å². The van der Waals surface area contributed by atoms with E-state index in [-0.39, 0.29) is 6.61 Å². The number of aliphatic hydroxyl groups excluding tert-OH is 1. The fourth-order valence-corrected chi connectivity index (χ4v) is 2.69. The van der Waals surface area contributed by atoms with E-state index in [0.717, 1.165) is 35.4 Å². The molecule has 3 heteroatoms. The minimum atomic E-state index is 0.00694. The molecule has 21 heavy (non-hydrogen) atoms. The molecule has 0 aliphatic rings. The van der Waals surface area contributed by atoms with Gasteiger partial charge >= 0.3 is 0 Å². The number of nitrogens with zero attached hydrogens (tertiary/aromatic N) is 2. The van der Waals surface area contributed by atoms with Crippen LogP contribution in [0.25, 0.3) is 5.65 Å². The van der Waals surface area contributed by atoms with Gasteiger partial charge in [-0.05, 0) is 36.1 Å². The smallest absolute Gasteiger partial charge is 0.140 e. The monoisotopic (exact) mass is 280 g/mol. The third-order valence-electron chi connectivity index (χ3n) is 3.98. The van der Waals surface area contributed by atoms with Crippen molar-refractivity contribution in [2.75, 3.05) is 0 Å². The number of aryl methyl sites for hydroxylation is 2. The van der Waals surface area contributed by atoms with Crippen LogP contribution in [0.4, 0.5) is 0 Å². The summed E-state index contributed by atoms with van der Waals surface area (Å²) in [6.45, 7) is 4.21. The quantitative estimate of drug-likeness (QED) is 0.796. The summed E-state index contributed by atoms with van der Waals surface area (Å²) in [5, 5.41) is 9.70. The van der Waals surface area contributed by atoms with Crippen molar-refractivity contribution in [1.82, 2.24) is 9.38 Å². The molecular formula is C18H20N2O. The zero-order valence-corrected chi connectivity index (χ0v) is 12.5. The maximum absolute atomic E-state index is 9.70. The highest BCUT2D eigenvalue weighted by Crippen LogP contribution is 2.19. The van der Waals surface area contributed by atoms with Crippen LogP contribution in [0.2, 0.25) is 0 Å². The second kappa shape index (κ2) is 5.70. The van der Waals surface area contributed by atoms with Gasteiger partial charge in [0.15, 0.2) is 0 Å². The molecule has 0 unspecified atom stereocenters. The maximum atomic E-state index is 9.70. The summed E-state index contributed by atoms with van der Waals surface area (Å²) in [6.07, 6.45) is 3.77. The van der Waals surface area contributed by atoms with Gasteiger partial charge in [-0.25, -0.2) is 4.98 Å². The Morgan fingerprint density at radius 1 is 1.10 bits per heavy atom. The van der Waals surface area contributed by atoms with Crippen LogP contribution in [-0.4, -0.2) is 14.5 Å². The van der Waals surface area contributed by atoms with Crippen LogP contribution < -0.4 is 0 Å². The summed E-state index contributed by atoms with van der Waals surface area (Å²) in [5.74, 6) is 0. The van der Waals surface area contributed by atoms with Gasteiger partial charge in [-0.2, -0.15) is 0 Å². The molecule has 0 spiro atoms. The van der Waals surface area contributed by atoms with Gasteiger partial charge in [-0.1, -0.05) is 37.3 Å². The number of imidazole rings is 1. The summed E-state index contributed by atoms with van der Waals surface area (Å²) >= 11 is 0. The predicted molar refractivity (Wildman–Crippen MR) is 84.5 cm³/mol. The average molecular weight is 280 g/mol. The molecule has 0 saturated heterocycles. The molecule has 3 nitrogen and oxygen atoms in total. The molecular weight excluding hydrogens is 260 g/mol. The number of fused-ring (bicyclic) bond motifs is 1. The molecule has 1 aromatic carbocycles. The van der Waals surface area contributed by atoms with E-state index < -0.39 is 0 Å². The summed E-state index contributed by atoms with van der Waals surface area (Å²) in [4.78, 5) is 4.72. The first-order chi connectivity index (χ1) is 10.2. The molecule has 2 aromatic heterocycles.